The van der Waals surface area contributed by atoms with Gasteiger partial charge in [0.05, 0.1) is 12.5 Å². The van der Waals surface area contributed by atoms with Crippen LogP contribution in [0.1, 0.15) is 47.5 Å². The fourth-order valence-electron chi connectivity index (χ4n) is 1.27. The van der Waals surface area contributed by atoms with Crippen LogP contribution in [-0.4, -0.2) is 26.3 Å². The normalized spacial score (nSPS) is 17.5. The summed E-state index contributed by atoms with van der Waals surface area (Å²) in [5.41, 5.74) is -0.299. The molecular formula is C12H26O3. The molecule has 0 radical (unpaired) electrons. The first-order chi connectivity index (χ1) is 7.19. The number of ether oxygens (including phenoxy) is 2. The Morgan fingerprint density at radius 1 is 1.13 bits per heavy atom. The number of carbonyl (C=O) groups excluding carboxylic acids is 1. The summed E-state index contributed by atoms with van der Waals surface area (Å²) in [5, 5.41) is 0. The monoisotopic (exact) mass is 218 g/mol. The lowest BCUT2D eigenvalue weighted by Gasteiger charge is -2.30. The van der Waals surface area contributed by atoms with E-state index in [1.54, 1.807) is 0 Å². The SMILES string of the molecule is CC.CC.COC(=O)C1(C)CCOCC1. The molecule has 0 amide bonds. The number of esters is 1. The number of carbonyl (C=O) groups is 1. The van der Waals surface area contributed by atoms with Crippen molar-refractivity contribution in [1.29, 1.82) is 0 Å². The van der Waals surface area contributed by atoms with Gasteiger partial charge in [-0.2, -0.15) is 0 Å². The first-order valence-electron chi connectivity index (χ1n) is 5.85. The first kappa shape index (κ1) is 16.8. The Morgan fingerprint density at radius 3 is 1.87 bits per heavy atom. The van der Waals surface area contributed by atoms with Crippen LogP contribution in [0.2, 0.25) is 0 Å². The zero-order valence-corrected chi connectivity index (χ0v) is 11.1. The number of hydrogen-bond donors (Lipinski definition) is 0. The van der Waals surface area contributed by atoms with Gasteiger partial charge in [0, 0.05) is 13.2 Å². The Morgan fingerprint density at radius 2 is 1.53 bits per heavy atom. The molecule has 0 N–H and O–H groups in total. The van der Waals surface area contributed by atoms with E-state index in [0.717, 1.165) is 12.8 Å². The van der Waals surface area contributed by atoms with Crippen molar-refractivity contribution >= 4 is 5.97 Å². The van der Waals surface area contributed by atoms with Crippen molar-refractivity contribution in [2.45, 2.75) is 47.5 Å². The molecule has 0 spiro atoms. The second-order valence-corrected chi connectivity index (χ2v) is 3.16. The van der Waals surface area contributed by atoms with Crippen molar-refractivity contribution in [3.05, 3.63) is 0 Å². The van der Waals surface area contributed by atoms with E-state index in [4.69, 9.17) is 9.47 Å². The van der Waals surface area contributed by atoms with Gasteiger partial charge < -0.3 is 9.47 Å². The lowest BCUT2D eigenvalue weighted by atomic mass is 9.83. The topological polar surface area (TPSA) is 35.5 Å². The quantitative estimate of drug-likeness (QED) is 0.635. The fourth-order valence-corrected chi connectivity index (χ4v) is 1.27. The molecule has 3 heteroatoms. The molecule has 0 unspecified atom stereocenters. The second kappa shape index (κ2) is 9.97. The Bertz CT molecular complexity index is 149. The number of methoxy groups -OCH3 is 1. The minimum Gasteiger partial charge on any atom is -0.469 e. The average molecular weight is 218 g/mol. The maximum Gasteiger partial charge on any atom is 0.311 e. The van der Waals surface area contributed by atoms with Gasteiger partial charge in [-0.15, -0.1) is 0 Å². The van der Waals surface area contributed by atoms with E-state index < -0.39 is 0 Å². The third-order valence-electron chi connectivity index (χ3n) is 2.27. The molecule has 0 atom stereocenters. The summed E-state index contributed by atoms with van der Waals surface area (Å²) in [4.78, 5) is 11.2. The smallest absolute Gasteiger partial charge is 0.311 e. The molecule has 1 aliphatic rings. The van der Waals surface area contributed by atoms with Crippen molar-refractivity contribution in [3.63, 3.8) is 0 Å². The molecule has 0 bridgehead atoms. The molecule has 1 saturated heterocycles. The van der Waals surface area contributed by atoms with Crippen LogP contribution in [0.15, 0.2) is 0 Å². The van der Waals surface area contributed by atoms with Crippen LogP contribution in [0, 0.1) is 5.41 Å². The van der Waals surface area contributed by atoms with E-state index >= 15 is 0 Å². The molecule has 92 valence electrons. The summed E-state index contributed by atoms with van der Waals surface area (Å²) in [6.07, 6.45) is 1.55. The molecule has 0 aromatic rings. The fraction of sp³-hybridized carbons (Fsp3) is 0.917. The minimum atomic E-state index is -0.299. The molecular weight excluding hydrogens is 192 g/mol. The van der Waals surface area contributed by atoms with E-state index in [9.17, 15) is 4.79 Å². The van der Waals surface area contributed by atoms with E-state index in [2.05, 4.69) is 0 Å². The highest BCUT2D eigenvalue weighted by Gasteiger charge is 2.35. The summed E-state index contributed by atoms with van der Waals surface area (Å²) in [6, 6.07) is 0. The van der Waals surface area contributed by atoms with Gasteiger partial charge in [-0.25, -0.2) is 0 Å². The molecule has 0 saturated carbocycles. The molecule has 1 aliphatic heterocycles. The van der Waals surface area contributed by atoms with Crippen molar-refractivity contribution in [3.8, 4) is 0 Å². The van der Waals surface area contributed by atoms with Crippen LogP contribution in [0.5, 0.6) is 0 Å². The molecule has 0 aromatic carbocycles. The summed E-state index contributed by atoms with van der Waals surface area (Å²) in [5.74, 6) is -0.110. The van der Waals surface area contributed by atoms with E-state index in [0.29, 0.717) is 13.2 Å². The largest absolute Gasteiger partial charge is 0.469 e. The van der Waals surface area contributed by atoms with Gasteiger partial charge in [0.2, 0.25) is 0 Å². The Hall–Kier alpha value is -0.570. The predicted molar refractivity (Wildman–Crippen MR) is 62.9 cm³/mol. The van der Waals surface area contributed by atoms with Crippen molar-refractivity contribution in [2.75, 3.05) is 20.3 Å². The van der Waals surface area contributed by atoms with Crippen molar-refractivity contribution < 1.29 is 14.3 Å². The maximum atomic E-state index is 11.2. The summed E-state index contributed by atoms with van der Waals surface area (Å²) >= 11 is 0. The Labute approximate surface area is 94.1 Å². The van der Waals surface area contributed by atoms with Gasteiger partial charge in [0.1, 0.15) is 0 Å². The zero-order chi connectivity index (χ0) is 12.3. The number of hydrogen-bond acceptors (Lipinski definition) is 3. The predicted octanol–water partition coefficient (Wildman–Crippen LogP) is 3.03. The highest BCUT2D eigenvalue weighted by molar-refractivity contribution is 5.76. The Kier molecular flexibility index (Phi) is 11.2. The molecule has 1 heterocycles. The summed E-state index contributed by atoms with van der Waals surface area (Å²) in [7, 11) is 1.43. The summed E-state index contributed by atoms with van der Waals surface area (Å²) in [6.45, 7) is 11.3. The van der Waals surface area contributed by atoms with E-state index in [1.165, 1.54) is 7.11 Å². The summed E-state index contributed by atoms with van der Waals surface area (Å²) < 4.78 is 9.85. The van der Waals surface area contributed by atoms with Gasteiger partial charge in [-0.1, -0.05) is 27.7 Å². The van der Waals surface area contributed by atoms with Crippen LogP contribution >= 0.6 is 0 Å². The highest BCUT2D eigenvalue weighted by Crippen LogP contribution is 2.30. The molecule has 1 fully saturated rings. The maximum absolute atomic E-state index is 11.2. The van der Waals surface area contributed by atoms with Crippen LogP contribution in [0.3, 0.4) is 0 Å². The third-order valence-corrected chi connectivity index (χ3v) is 2.27. The highest BCUT2D eigenvalue weighted by atomic mass is 16.5. The zero-order valence-electron chi connectivity index (χ0n) is 11.1. The van der Waals surface area contributed by atoms with Crippen molar-refractivity contribution in [2.24, 2.45) is 5.41 Å². The first-order valence-corrected chi connectivity index (χ1v) is 5.85. The minimum absolute atomic E-state index is 0.110. The molecule has 15 heavy (non-hydrogen) atoms. The number of rotatable bonds is 1. The van der Waals surface area contributed by atoms with Crippen LogP contribution < -0.4 is 0 Å². The average Bonchev–Trinajstić information content (AvgIpc) is 2.34. The lowest BCUT2D eigenvalue weighted by Crippen LogP contribution is -2.35. The van der Waals surface area contributed by atoms with E-state index in [-0.39, 0.29) is 11.4 Å². The van der Waals surface area contributed by atoms with Crippen molar-refractivity contribution in [1.82, 2.24) is 0 Å². The third kappa shape index (κ3) is 5.78. The lowest BCUT2D eigenvalue weighted by molar-refractivity contribution is -0.157. The van der Waals surface area contributed by atoms with E-state index in [1.807, 2.05) is 34.6 Å². The van der Waals surface area contributed by atoms with Gasteiger partial charge in [-0.3, -0.25) is 4.79 Å². The van der Waals surface area contributed by atoms with Crippen LogP contribution in [0.25, 0.3) is 0 Å². The molecule has 0 aromatic heterocycles. The Balaban J connectivity index is 0. The van der Waals surface area contributed by atoms with Gasteiger partial charge in [0.15, 0.2) is 0 Å². The van der Waals surface area contributed by atoms with Crippen LogP contribution in [-0.2, 0) is 14.3 Å². The van der Waals surface area contributed by atoms with Crippen LogP contribution in [0.4, 0.5) is 0 Å². The standard InChI is InChI=1S/C8H14O3.2C2H6/c1-8(7(9)10-2)3-5-11-6-4-8;2*1-2/h3-6H2,1-2H3;2*1-2H3. The van der Waals surface area contributed by atoms with Gasteiger partial charge in [0.25, 0.3) is 0 Å². The van der Waals surface area contributed by atoms with Gasteiger partial charge in [-0.05, 0) is 19.8 Å². The van der Waals surface area contributed by atoms with Gasteiger partial charge >= 0.3 is 5.97 Å². The molecule has 1 rings (SSSR count). The molecule has 3 nitrogen and oxygen atoms in total. The second-order valence-electron chi connectivity index (χ2n) is 3.16. The molecule has 0 aliphatic carbocycles.